The maximum atomic E-state index is 12.3. The largest absolute Gasteiger partial charge is 0.444 e. The van der Waals surface area contributed by atoms with Crippen molar-refractivity contribution in [1.82, 2.24) is 0 Å². The molecule has 5 heteroatoms. The molecule has 1 heterocycles. The van der Waals surface area contributed by atoms with Gasteiger partial charge in [-0.2, -0.15) is 0 Å². The third-order valence-electron chi connectivity index (χ3n) is 3.69. The Hall–Kier alpha value is -2.04. The summed E-state index contributed by atoms with van der Waals surface area (Å²) in [5.74, 6) is 0. The van der Waals surface area contributed by atoms with E-state index >= 15 is 0 Å². The van der Waals surface area contributed by atoms with E-state index in [1.165, 1.54) is 0 Å². The summed E-state index contributed by atoms with van der Waals surface area (Å²) < 4.78 is 5.36. The van der Waals surface area contributed by atoms with Crippen LogP contribution in [0, 0.1) is 0 Å². The summed E-state index contributed by atoms with van der Waals surface area (Å²) in [6.07, 6.45) is -0.556. The highest BCUT2D eigenvalue weighted by Gasteiger charge is 2.28. The third-order valence-corrected chi connectivity index (χ3v) is 3.93. The van der Waals surface area contributed by atoms with E-state index in [0.717, 1.165) is 5.56 Å². The van der Waals surface area contributed by atoms with Gasteiger partial charge in [0, 0.05) is 17.1 Å². The molecule has 0 fully saturated rings. The van der Waals surface area contributed by atoms with E-state index in [0.29, 0.717) is 29.2 Å². The minimum atomic E-state index is -0.605. The summed E-state index contributed by atoms with van der Waals surface area (Å²) in [5.41, 5.74) is 2.25. The summed E-state index contributed by atoms with van der Waals surface area (Å²) >= 11 is 5.96. The number of amides is 1. The zero-order chi connectivity index (χ0) is 15.5. The topological polar surface area (TPSA) is 49.8 Å². The molecule has 0 aromatic heterocycles. The summed E-state index contributed by atoms with van der Waals surface area (Å²) in [6.45, 7) is 0.644. The van der Waals surface area contributed by atoms with Crippen LogP contribution in [-0.2, 0) is 11.3 Å². The van der Waals surface area contributed by atoms with Crippen LogP contribution < -0.4 is 4.90 Å². The summed E-state index contributed by atoms with van der Waals surface area (Å²) in [7, 11) is 0. The molecule has 0 saturated carbocycles. The van der Waals surface area contributed by atoms with E-state index in [-0.39, 0.29) is 6.61 Å². The van der Waals surface area contributed by atoms with Crippen LogP contribution in [0.1, 0.15) is 23.7 Å². The smallest absolute Gasteiger partial charge is 0.414 e. The molecule has 1 N–H and O–H groups in total. The number of carbonyl (C=O) groups excluding carboxylic acids is 1. The van der Waals surface area contributed by atoms with Gasteiger partial charge in [0.15, 0.2) is 0 Å². The molecule has 0 radical (unpaired) electrons. The number of aliphatic hydroxyl groups is 1. The number of benzene rings is 2. The molecule has 1 atom stereocenters. The molecule has 1 aliphatic heterocycles. The molecule has 4 nitrogen and oxygen atoms in total. The molecular weight excluding hydrogens is 302 g/mol. The molecule has 1 unspecified atom stereocenters. The Kier molecular flexibility index (Phi) is 4.32. The molecule has 0 saturated heterocycles. The standard InChI is InChI=1S/C17H16ClNO3/c18-13-6-7-15-14(10-13)16(20)8-9-19(15)17(21)22-11-12-4-2-1-3-5-12/h1-7,10,16,20H,8-9,11H2. The van der Waals surface area contributed by atoms with E-state index in [1.54, 1.807) is 23.1 Å². The summed E-state index contributed by atoms with van der Waals surface area (Å²) in [4.78, 5) is 13.9. The number of halogens is 1. The molecule has 0 aliphatic carbocycles. The maximum absolute atomic E-state index is 12.3. The summed E-state index contributed by atoms with van der Waals surface area (Å²) in [6, 6.07) is 14.7. The fraction of sp³-hybridized carbons (Fsp3) is 0.235. The lowest BCUT2D eigenvalue weighted by Crippen LogP contribution is -2.37. The normalized spacial score (nSPS) is 17.0. The lowest BCUT2D eigenvalue weighted by atomic mass is 9.99. The first-order chi connectivity index (χ1) is 10.6. The first-order valence-electron chi connectivity index (χ1n) is 7.11. The lowest BCUT2D eigenvalue weighted by molar-refractivity contribution is 0.137. The zero-order valence-corrected chi connectivity index (χ0v) is 12.7. The zero-order valence-electron chi connectivity index (χ0n) is 11.9. The van der Waals surface area contributed by atoms with Crippen LogP contribution in [0.15, 0.2) is 48.5 Å². The minimum absolute atomic E-state index is 0.224. The number of ether oxygens (including phenoxy) is 1. The molecule has 22 heavy (non-hydrogen) atoms. The number of hydrogen-bond acceptors (Lipinski definition) is 3. The van der Waals surface area contributed by atoms with Crippen molar-refractivity contribution in [3.05, 3.63) is 64.7 Å². The van der Waals surface area contributed by atoms with Gasteiger partial charge in [0.1, 0.15) is 6.61 Å². The van der Waals surface area contributed by atoms with Crippen LogP contribution in [0.3, 0.4) is 0 Å². The molecule has 2 aromatic rings. The van der Waals surface area contributed by atoms with Crippen LogP contribution in [0.4, 0.5) is 10.5 Å². The van der Waals surface area contributed by atoms with Crippen molar-refractivity contribution in [3.63, 3.8) is 0 Å². The highest BCUT2D eigenvalue weighted by atomic mass is 35.5. The van der Waals surface area contributed by atoms with Crippen molar-refractivity contribution in [1.29, 1.82) is 0 Å². The van der Waals surface area contributed by atoms with Gasteiger partial charge in [-0.25, -0.2) is 4.79 Å². The van der Waals surface area contributed by atoms with Crippen LogP contribution >= 0.6 is 11.6 Å². The minimum Gasteiger partial charge on any atom is -0.444 e. The Morgan fingerprint density at radius 1 is 1.27 bits per heavy atom. The van der Waals surface area contributed by atoms with Gasteiger partial charge in [0.25, 0.3) is 0 Å². The molecule has 0 bridgehead atoms. The Balaban J connectivity index is 1.75. The van der Waals surface area contributed by atoms with Crippen molar-refractivity contribution in [2.24, 2.45) is 0 Å². The van der Waals surface area contributed by atoms with Gasteiger partial charge < -0.3 is 9.84 Å². The quantitative estimate of drug-likeness (QED) is 0.913. The van der Waals surface area contributed by atoms with Crippen LogP contribution in [-0.4, -0.2) is 17.7 Å². The average molecular weight is 318 g/mol. The third kappa shape index (κ3) is 3.08. The highest BCUT2D eigenvalue weighted by molar-refractivity contribution is 6.30. The second kappa shape index (κ2) is 6.38. The Morgan fingerprint density at radius 2 is 2.05 bits per heavy atom. The number of fused-ring (bicyclic) bond motifs is 1. The number of rotatable bonds is 2. The monoisotopic (exact) mass is 317 g/mol. The maximum Gasteiger partial charge on any atom is 0.414 e. The second-order valence-corrected chi connectivity index (χ2v) is 5.64. The second-order valence-electron chi connectivity index (χ2n) is 5.20. The fourth-order valence-corrected chi connectivity index (χ4v) is 2.73. The molecule has 114 valence electrons. The molecular formula is C17H16ClNO3. The Morgan fingerprint density at radius 3 is 2.82 bits per heavy atom. The SMILES string of the molecule is O=C(OCc1ccccc1)N1CCC(O)c2cc(Cl)ccc21. The predicted octanol–water partition coefficient (Wildman–Crippen LogP) is 3.92. The molecule has 2 aromatic carbocycles. The van der Waals surface area contributed by atoms with E-state index < -0.39 is 12.2 Å². The highest BCUT2D eigenvalue weighted by Crippen LogP contribution is 2.35. The van der Waals surface area contributed by atoms with Gasteiger partial charge in [-0.1, -0.05) is 41.9 Å². The number of hydrogen-bond donors (Lipinski definition) is 1. The van der Waals surface area contributed by atoms with Crippen molar-refractivity contribution in [2.75, 3.05) is 11.4 Å². The van der Waals surface area contributed by atoms with Gasteiger partial charge >= 0.3 is 6.09 Å². The number of anilines is 1. The molecule has 0 spiro atoms. The van der Waals surface area contributed by atoms with Gasteiger partial charge in [0.2, 0.25) is 0 Å². The van der Waals surface area contributed by atoms with Gasteiger partial charge in [-0.15, -0.1) is 0 Å². The Labute approximate surface area is 133 Å². The van der Waals surface area contributed by atoms with Crippen LogP contribution in [0.25, 0.3) is 0 Å². The molecule has 3 rings (SSSR count). The van der Waals surface area contributed by atoms with Crippen molar-refractivity contribution in [2.45, 2.75) is 19.1 Å². The van der Waals surface area contributed by atoms with E-state index in [1.807, 2.05) is 30.3 Å². The van der Waals surface area contributed by atoms with Crippen molar-refractivity contribution in [3.8, 4) is 0 Å². The molecule has 1 amide bonds. The molecule has 1 aliphatic rings. The van der Waals surface area contributed by atoms with Gasteiger partial charge in [-0.05, 0) is 30.2 Å². The average Bonchev–Trinajstić information content (AvgIpc) is 2.54. The van der Waals surface area contributed by atoms with E-state index in [2.05, 4.69) is 0 Å². The first-order valence-corrected chi connectivity index (χ1v) is 7.48. The van der Waals surface area contributed by atoms with Gasteiger partial charge in [-0.3, -0.25) is 4.90 Å². The van der Waals surface area contributed by atoms with Crippen LogP contribution in [0.2, 0.25) is 5.02 Å². The van der Waals surface area contributed by atoms with Crippen molar-refractivity contribution >= 4 is 23.4 Å². The Bertz CT molecular complexity index is 675. The van der Waals surface area contributed by atoms with Crippen molar-refractivity contribution < 1.29 is 14.6 Å². The van der Waals surface area contributed by atoms with E-state index in [9.17, 15) is 9.90 Å². The van der Waals surface area contributed by atoms with Crippen LogP contribution in [0.5, 0.6) is 0 Å². The first kappa shape index (κ1) is 14.9. The van der Waals surface area contributed by atoms with E-state index in [4.69, 9.17) is 16.3 Å². The number of nitrogens with zero attached hydrogens (tertiary/aromatic N) is 1. The lowest BCUT2D eigenvalue weighted by Gasteiger charge is -2.31. The number of aliphatic hydroxyl groups excluding tert-OH is 1. The van der Waals surface area contributed by atoms with Gasteiger partial charge in [0.05, 0.1) is 11.8 Å². The fourth-order valence-electron chi connectivity index (χ4n) is 2.55. The predicted molar refractivity (Wildman–Crippen MR) is 85.0 cm³/mol. The summed E-state index contributed by atoms with van der Waals surface area (Å²) in [5, 5.41) is 10.6. The number of carbonyl (C=O) groups is 1.